The number of amides is 1. The zero-order chi connectivity index (χ0) is 10.8. The van der Waals surface area contributed by atoms with Crippen LogP contribution in [0.1, 0.15) is 19.3 Å². The molecular weight excluding hydrogens is 274 g/mol. The van der Waals surface area contributed by atoms with Gasteiger partial charge in [0.2, 0.25) is 5.91 Å². The summed E-state index contributed by atoms with van der Waals surface area (Å²) >= 11 is 5.50. The van der Waals surface area contributed by atoms with Gasteiger partial charge in [-0.1, -0.05) is 15.9 Å². The minimum Gasteiger partial charge on any atom is -0.345 e. The first-order valence-corrected chi connectivity index (χ1v) is 7.70. The third kappa shape index (κ3) is 2.90. The van der Waals surface area contributed by atoms with Gasteiger partial charge in [0.05, 0.1) is 0 Å². The molecule has 1 heterocycles. The zero-order valence-corrected chi connectivity index (χ0v) is 11.5. The summed E-state index contributed by atoms with van der Waals surface area (Å²) in [6, 6.07) is 0. The maximum atomic E-state index is 12.0. The van der Waals surface area contributed by atoms with E-state index in [-0.39, 0.29) is 0 Å². The topological polar surface area (TPSA) is 20.3 Å². The van der Waals surface area contributed by atoms with E-state index in [1.165, 1.54) is 12.8 Å². The van der Waals surface area contributed by atoms with Gasteiger partial charge >= 0.3 is 0 Å². The van der Waals surface area contributed by atoms with Crippen LogP contribution in [0.25, 0.3) is 0 Å². The number of nitrogens with zero attached hydrogens (tertiary/aromatic N) is 1. The molecule has 0 aromatic carbocycles. The summed E-state index contributed by atoms with van der Waals surface area (Å²) in [6.45, 7) is 0.960. The maximum Gasteiger partial charge on any atom is 0.226 e. The summed E-state index contributed by atoms with van der Waals surface area (Å²) < 4.78 is 0. The van der Waals surface area contributed by atoms with Crippen molar-refractivity contribution in [2.45, 2.75) is 24.1 Å². The van der Waals surface area contributed by atoms with Crippen molar-refractivity contribution in [1.82, 2.24) is 4.90 Å². The van der Waals surface area contributed by atoms with Crippen LogP contribution in [0.4, 0.5) is 0 Å². The van der Waals surface area contributed by atoms with Crippen LogP contribution in [0, 0.1) is 11.8 Å². The number of rotatable bonds is 3. The Morgan fingerprint density at radius 2 is 2.27 bits per heavy atom. The van der Waals surface area contributed by atoms with Crippen LogP contribution in [0.15, 0.2) is 0 Å². The van der Waals surface area contributed by atoms with E-state index in [4.69, 9.17) is 0 Å². The molecule has 2 nitrogen and oxygen atoms in total. The van der Waals surface area contributed by atoms with Crippen molar-refractivity contribution in [2.24, 2.45) is 11.8 Å². The largest absolute Gasteiger partial charge is 0.345 e. The van der Waals surface area contributed by atoms with Crippen molar-refractivity contribution < 1.29 is 4.79 Å². The molecule has 15 heavy (non-hydrogen) atoms. The molecule has 2 rings (SSSR count). The molecule has 1 saturated carbocycles. The molecule has 1 amide bonds. The Labute approximate surface area is 104 Å². The second-order valence-electron chi connectivity index (χ2n) is 4.71. The smallest absolute Gasteiger partial charge is 0.226 e. The molecular formula is C11H18BrNOS. The Hall–Kier alpha value is 0.300. The Morgan fingerprint density at radius 3 is 2.80 bits per heavy atom. The Balaban J connectivity index is 1.74. The van der Waals surface area contributed by atoms with Crippen molar-refractivity contribution in [3.8, 4) is 0 Å². The first-order valence-electron chi connectivity index (χ1n) is 5.63. The summed E-state index contributed by atoms with van der Waals surface area (Å²) in [5, 5.41) is 0. The van der Waals surface area contributed by atoms with Crippen molar-refractivity contribution in [2.75, 3.05) is 25.1 Å². The van der Waals surface area contributed by atoms with Gasteiger partial charge in [-0.05, 0) is 30.9 Å². The molecule has 86 valence electrons. The van der Waals surface area contributed by atoms with E-state index in [2.05, 4.69) is 15.9 Å². The van der Waals surface area contributed by atoms with Gasteiger partial charge in [0.1, 0.15) is 0 Å². The molecule has 0 radical (unpaired) electrons. The van der Waals surface area contributed by atoms with E-state index in [9.17, 15) is 4.79 Å². The first kappa shape index (κ1) is 11.8. The molecule has 1 atom stereocenters. The summed E-state index contributed by atoms with van der Waals surface area (Å²) in [7, 11) is 1.97. The summed E-state index contributed by atoms with van der Waals surface area (Å²) in [5.74, 6) is 3.61. The molecule has 0 aromatic rings. The number of alkyl halides is 1. The van der Waals surface area contributed by atoms with E-state index < -0.39 is 0 Å². The van der Waals surface area contributed by atoms with Gasteiger partial charge in [-0.3, -0.25) is 4.79 Å². The average molecular weight is 292 g/mol. The summed E-state index contributed by atoms with van der Waals surface area (Å²) in [4.78, 5) is 14.7. The monoisotopic (exact) mass is 291 g/mol. The van der Waals surface area contributed by atoms with Crippen LogP contribution in [0.5, 0.6) is 0 Å². The first-order chi connectivity index (χ1) is 7.16. The summed E-state index contributed by atoms with van der Waals surface area (Å²) in [5.41, 5.74) is 0. The SMILES string of the molecule is CN(CC1CC(Br)C1)C(=O)C1CCSC1. The van der Waals surface area contributed by atoms with Crippen molar-refractivity contribution in [3.63, 3.8) is 0 Å². The molecule has 1 saturated heterocycles. The fraction of sp³-hybridized carbons (Fsp3) is 0.909. The second-order valence-corrected chi connectivity index (χ2v) is 7.16. The van der Waals surface area contributed by atoms with Gasteiger partial charge in [0.25, 0.3) is 0 Å². The predicted molar refractivity (Wildman–Crippen MR) is 68.5 cm³/mol. The fourth-order valence-corrected chi connectivity index (χ4v) is 4.59. The van der Waals surface area contributed by atoms with E-state index in [1.54, 1.807) is 0 Å². The minimum absolute atomic E-state index is 0.305. The predicted octanol–water partition coefficient (Wildman–Crippen LogP) is 2.37. The van der Waals surface area contributed by atoms with Gasteiger partial charge in [-0.15, -0.1) is 0 Å². The normalized spacial score (nSPS) is 34.9. The molecule has 0 spiro atoms. The average Bonchev–Trinajstić information content (AvgIpc) is 2.66. The number of halogens is 1. The molecule has 0 bridgehead atoms. The number of hydrogen-bond donors (Lipinski definition) is 0. The molecule has 2 aliphatic rings. The van der Waals surface area contributed by atoms with Crippen molar-refractivity contribution in [1.29, 1.82) is 0 Å². The van der Waals surface area contributed by atoms with Crippen LogP contribution in [0.3, 0.4) is 0 Å². The molecule has 1 unspecified atom stereocenters. The highest BCUT2D eigenvalue weighted by Crippen LogP contribution is 2.34. The Bertz CT molecular complexity index is 237. The van der Waals surface area contributed by atoms with Gasteiger partial charge in [-0.2, -0.15) is 11.8 Å². The molecule has 1 aliphatic heterocycles. The van der Waals surface area contributed by atoms with Crippen LogP contribution < -0.4 is 0 Å². The van der Waals surface area contributed by atoms with Gasteiger partial charge in [0.15, 0.2) is 0 Å². The molecule has 2 fully saturated rings. The van der Waals surface area contributed by atoms with Gasteiger partial charge < -0.3 is 4.90 Å². The number of hydrogen-bond acceptors (Lipinski definition) is 2. The lowest BCUT2D eigenvalue weighted by Crippen LogP contribution is -2.40. The molecule has 0 aromatic heterocycles. The van der Waals surface area contributed by atoms with E-state index in [0.29, 0.717) is 16.7 Å². The molecule has 4 heteroatoms. The van der Waals surface area contributed by atoms with Crippen LogP contribution in [-0.4, -0.2) is 40.7 Å². The van der Waals surface area contributed by atoms with E-state index in [1.807, 2.05) is 23.7 Å². The van der Waals surface area contributed by atoms with Crippen molar-refractivity contribution >= 4 is 33.6 Å². The van der Waals surface area contributed by atoms with E-state index >= 15 is 0 Å². The number of carbonyl (C=O) groups is 1. The zero-order valence-electron chi connectivity index (χ0n) is 9.12. The Kier molecular flexibility index (Phi) is 3.99. The highest BCUT2D eigenvalue weighted by atomic mass is 79.9. The highest BCUT2D eigenvalue weighted by molar-refractivity contribution is 9.09. The van der Waals surface area contributed by atoms with Crippen LogP contribution >= 0.6 is 27.7 Å². The lowest BCUT2D eigenvalue weighted by Gasteiger charge is -2.35. The van der Waals surface area contributed by atoms with Crippen molar-refractivity contribution in [3.05, 3.63) is 0 Å². The lowest BCUT2D eigenvalue weighted by molar-refractivity contribution is -0.134. The maximum absolute atomic E-state index is 12.0. The van der Waals surface area contributed by atoms with Gasteiger partial charge in [0, 0.05) is 30.1 Å². The number of thioether (sulfide) groups is 1. The van der Waals surface area contributed by atoms with Gasteiger partial charge in [-0.25, -0.2) is 0 Å². The van der Waals surface area contributed by atoms with E-state index in [0.717, 1.165) is 30.4 Å². The third-order valence-electron chi connectivity index (χ3n) is 3.37. The Morgan fingerprint density at radius 1 is 1.53 bits per heavy atom. The fourth-order valence-electron chi connectivity index (χ4n) is 2.32. The quantitative estimate of drug-likeness (QED) is 0.744. The molecule has 1 aliphatic carbocycles. The van der Waals surface area contributed by atoms with Crippen LogP contribution in [0.2, 0.25) is 0 Å². The highest BCUT2D eigenvalue weighted by Gasteiger charge is 2.31. The standard InChI is InChI=1S/C11H18BrNOS/c1-13(6-8-4-10(12)5-8)11(14)9-2-3-15-7-9/h8-10H,2-7H2,1H3. The number of carbonyl (C=O) groups excluding carboxylic acids is 1. The lowest BCUT2D eigenvalue weighted by atomic mass is 9.85. The second kappa shape index (κ2) is 5.09. The molecule has 0 N–H and O–H groups in total. The summed E-state index contributed by atoms with van der Waals surface area (Å²) in [6.07, 6.45) is 3.55. The third-order valence-corrected chi connectivity index (χ3v) is 5.28. The minimum atomic E-state index is 0.305. The van der Waals surface area contributed by atoms with Crippen LogP contribution in [-0.2, 0) is 4.79 Å².